The fraction of sp³-hybridized carbons (Fsp3) is 0.417. The van der Waals surface area contributed by atoms with Gasteiger partial charge in [-0.2, -0.15) is 0 Å². The van der Waals surface area contributed by atoms with Crippen LogP contribution in [0.25, 0.3) is 0 Å². The van der Waals surface area contributed by atoms with E-state index in [0.717, 1.165) is 6.42 Å². The van der Waals surface area contributed by atoms with Crippen LogP contribution in [0.3, 0.4) is 0 Å². The van der Waals surface area contributed by atoms with Crippen LogP contribution in [0.2, 0.25) is 5.02 Å². The van der Waals surface area contributed by atoms with Crippen LogP contribution in [-0.4, -0.2) is 5.78 Å². The van der Waals surface area contributed by atoms with Crippen LogP contribution in [0.5, 0.6) is 0 Å². The Morgan fingerprint density at radius 3 is 2.73 bits per heavy atom. The molecule has 0 aliphatic rings. The molecular weight excluding hydrogens is 215 g/mol. The number of halogens is 2. The molecule has 0 aliphatic carbocycles. The van der Waals surface area contributed by atoms with Crippen LogP contribution < -0.4 is 0 Å². The normalized spacial score (nSPS) is 10.3. The molecule has 0 aliphatic heterocycles. The lowest BCUT2D eigenvalue weighted by molar-refractivity contribution is -0.119. The number of rotatable bonds is 5. The first-order chi connectivity index (χ1) is 7.13. The van der Waals surface area contributed by atoms with Crippen molar-refractivity contribution >= 4 is 17.4 Å². The molecule has 0 heterocycles. The zero-order valence-corrected chi connectivity index (χ0v) is 9.48. The number of Topliss-reactive ketones (excluding diaryl/α,β-unsaturated/α-hetero) is 1. The monoisotopic (exact) mass is 228 g/mol. The van der Waals surface area contributed by atoms with Gasteiger partial charge in [0.1, 0.15) is 11.6 Å². The van der Waals surface area contributed by atoms with Gasteiger partial charge < -0.3 is 0 Å². The summed E-state index contributed by atoms with van der Waals surface area (Å²) in [5, 5.41) is 0.385. The van der Waals surface area contributed by atoms with E-state index in [1.807, 2.05) is 6.92 Å². The summed E-state index contributed by atoms with van der Waals surface area (Å²) in [4.78, 5) is 11.2. The van der Waals surface area contributed by atoms with Crippen LogP contribution in [0, 0.1) is 5.82 Å². The summed E-state index contributed by atoms with van der Waals surface area (Å²) in [6.07, 6.45) is 2.30. The van der Waals surface area contributed by atoms with Crippen molar-refractivity contribution in [3.05, 3.63) is 34.6 Å². The van der Waals surface area contributed by atoms with Gasteiger partial charge in [-0.15, -0.1) is 0 Å². The number of hydrogen-bond donors (Lipinski definition) is 0. The minimum absolute atomic E-state index is 0.187. The van der Waals surface area contributed by atoms with Gasteiger partial charge in [0, 0.05) is 17.9 Å². The van der Waals surface area contributed by atoms with Crippen LogP contribution >= 0.6 is 11.6 Å². The molecule has 3 heteroatoms. The van der Waals surface area contributed by atoms with Gasteiger partial charge in [-0.1, -0.05) is 24.6 Å². The van der Waals surface area contributed by atoms with Gasteiger partial charge >= 0.3 is 0 Å². The maximum absolute atomic E-state index is 13.3. The first-order valence-electron chi connectivity index (χ1n) is 5.09. The van der Waals surface area contributed by atoms with E-state index in [4.69, 9.17) is 11.6 Å². The summed E-state index contributed by atoms with van der Waals surface area (Å²) in [6.45, 7) is 1.96. The molecule has 0 atom stereocenters. The molecule has 1 nitrogen and oxygen atoms in total. The molecule has 0 spiro atoms. The second-order valence-electron chi connectivity index (χ2n) is 3.52. The van der Waals surface area contributed by atoms with Gasteiger partial charge in [0.05, 0.1) is 0 Å². The van der Waals surface area contributed by atoms with E-state index in [9.17, 15) is 9.18 Å². The predicted octanol–water partition coefficient (Wildman–Crippen LogP) is 3.78. The molecule has 0 amide bonds. The summed E-state index contributed by atoms with van der Waals surface area (Å²) in [5.41, 5.74) is 0.559. The summed E-state index contributed by atoms with van der Waals surface area (Å²) in [6, 6.07) is 4.56. The van der Waals surface area contributed by atoms with Gasteiger partial charge in [0.2, 0.25) is 0 Å². The van der Waals surface area contributed by atoms with E-state index >= 15 is 0 Å². The smallest absolute Gasteiger partial charge is 0.133 e. The topological polar surface area (TPSA) is 17.1 Å². The maximum Gasteiger partial charge on any atom is 0.133 e. The quantitative estimate of drug-likeness (QED) is 0.750. The third-order valence-corrected chi connectivity index (χ3v) is 2.45. The van der Waals surface area contributed by atoms with Crippen molar-refractivity contribution in [2.75, 3.05) is 0 Å². The molecule has 15 heavy (non-hydrogen) atoms. The Bertz CT molecular complexity index is 349. The molecule has 0 saturated carbocycles. The Morgan fingerprint density at radius 2 is 2.13 bits per heavy atom. The van der Waals surface area contributed by atoms with Crippen molar-refractivity contribution in [2.45, 2.75) is 32.6 Å². The highest BCUT2D eigenvalue weighted by Gasteiger charge is 2.06. The van der Waals surface area contributed by atoms with Crippen molar-refractivity contribution in [2.24, 2.45) is 0 Å². The van der Waals surface area contributed by atoms with E-state index in [2.05, 4.69) is 0 Å². The Hall–Kier alpha value is -0.890. The van der Waals surface area contributed by atoms with Crippen LogP contribution in [0.15, 0.2) is 18.2 Å². The predicted molar refractivity (Wildman–Crippen MR) is 59.6 cm³/mol. The van der Waals surface area contributed by atoms with E-state index in [1.54, 1.807) is 12.1 Å². The van der Waals surface area contributed by atoms with E-state index in [-0.39, 0.29) is 11.6 Å². The minimum Gasteiger partial charge on any atom is -0.300 e. The molecular formula is C12H14ClFO. The van der Waals surface area contributed by atoms with Gasteiger partial charge in [-0.3, -0.25) is 4.79 Å². The van der Waals surface area contributed by atoms with E-state index in [1.165, 1.54) is 6.07 Å². The molecule has 0 unspecified atom stereocenters. The second-order valence-corrected chi connectivity index (χ2v) is 3.96. The van der Waals surface area contributed by atoms with E-state index in [0.29, 0.717) is 29.8 Å². The lowest BCUT2D eigenvalue weighted by Gasteiger charge is -2.02. The molecule has 0 fully saturated rings. The molecule has 1 aromatic rings. The van der Waals surface area contributed by atoms with Gasteiger partial charge in [-0.05, 0) is 30.5 Å². The van der Waals surface area contributed by atoms with Crippen LogP contribution in [0.4, 0.5) is 4.39 Å². The summed E-state index contributed by atoms with van der Waals surface area (Å²) >= 11 is 5.62. The molecule has 1 aromatic carbocycles. The molecule has 1 rings (SSSR count). The fourth-order valence-corrected chi connectivity index (χ4v) is 1.56. The van der Waals surface area contributed by atoms with Gasteiger partial charge in [-0.25, -0.2) is 4.39 Å². The zero-order valence-electron chi connectivity index (χ0n) is 8.72. The summed E-state index contributed by atoms with van der Waals surface area (Å²) in [7, 11) is 0. The number of aryl methyl sites for hydroxylation is 1. The molecule has 0 aromatic heterocycles. The van der Waals surface area contributed by atoms with E-state index < -0.39 is 0 Å². The Balaban J connectivity index is 2.54. The second kappa shape index (κ2) is 5.86. The first-order valence-corrected chi connectivity index (χ1v) is 5.47. The lowest BCUT2D eigenvalue weighted by Crippen LogP contribution is -2.00. The molecule has 0 N–H and O–H groups in total. The number of hydrogen-bond acceptors (Lipinski definition) is 1. The number of carbonyl (C=O) groups is 1. The SMILES string of the molecule is CCCC(=O)CCc1ccc(Cl)cc1F. The summed E-state index contributed by atoms with van der Waals surface area (Å²) < 4.78 is 13.3. The Kier molecular flexibility index (Phi) is 4.76. The third-order valence-electron chi connectivity index (χ3n) is 2.22. The van der Waals surface area contributed by atoms with Crippen LogP contribution in [0.1, 0.15) is 31.7 Å². The van der Waals surface area contributed by atoms with Crippen molar-refractivity contribution in [1.82, 2.24) is 0 Å². The summed E-state index contributed by atoms with van der Waals surface area (Å²) in [5.74, 6) is -0.140. The molecule has 0 radical (unpaired) electrons. The van der Waals surface area contributed by atoms with Crippen molar-refractivity contribution in [3.8, 4) is 0 Å². The lowest BCUT2D eigenvalue weighted by atomic mass is 10.1. The fourth-order valence-electron chi connectivity index (χ4n) is 1.40. The maximum atomic E-state index is 13.3. The molecule has 82 valence electrons. The standard InChI is InChI=1S/C12H14ClFO/c1-2-3-11(15)7-5-9-4-6-10(13)8-12(9)14/h4,6,8H,2-3,5,7H2,1H3. The number of carbonyl (C=O) groups excluding carboxylic acids is 1. The minimum atomic E-state index is -0.327. The molecule has 0 saturated heterocycles. The highest BCUT2D eigenvalue weighted by atomic mass is 35.5. The average molecular weight is 229 g/mol. The van der Waals surface area contributed by atoms with Crippen molar-refractivity contribution in [1.29, 1.82) is 0 Å². The van der Waals surface area contributed by atoms with Crippen LogP contribution in [-0.2, 0) is 11.2 Å². The zero-order chi connectivity index (χ0) is 11.3. The molecule has 0 bridgehead atoms. The van der Waals surface area contributed by atoms with Gasteiger partial charge in [0.25, 0.3) is 0 Å². The number of benzene rings is 1. The Morgan fingerprint density at radius 1 is 1.40 bits per heavy atom. The third kappa shape index (κ3) is 4.00. The highest BCUT2D eigenvalue weighted by Crippen LogP contribution is 2.16. The van der Waals surface area contributed by atoms with Crippen molar-refractivity contribution < 1.29 is 9.18 Å². The average Bonchev–Trinajstić information content (AvgIpc) is 2.17. The van der Waals surface area contributed by atoms with Gasteiger partial charge in [0.15, 0.2) is 0 Å². The van der Waals surface area contributed by atoms with Crippen molar-refractivity contribution in [3.63, 3.8) is 0 Å². The Labute approximate surface area is 94.3 Å². The number of ketones is 1. The highest BCUT2D eigenvalue weighted by molar-refractivity contribution is 6.30. The first kappa shape index (κ1) is 12.2. The largest absolute Gasteiger partial charge is 0.300 e.